The van der Waals surface area contributed by atoms with Crippen molar-refractivity contribution in [2.75, 3.05) is 26.2 Å². The van der Waals surface area contributed by atoms with Gasteiger partial charge in [-0.1, -0.05) is 6.07 Å². The van der Waals surface area contributed by atoms with E-state index >= 15 is 0 Å². The predicted molar refractivity (Wildman–Crippen MR) is 75.1 cm³/mol. The molecule has 0 bridgehead atoms. The van der Waals surface area contributed by atoms with Crippen LogP contribution in [0.25, 0.3) is 0 Å². The topological polar surface area (TPSA) is 69.2 Å². The number of nitrogens with one attached hydrogen (secondary N) is 1. The van der Waals surface area contributed by atoms with E-state index in [4.69, 9.17) is 11.1 Å². The van der Waals surface area contributed by atoms with E-state index in [1.54, 1.807) is 6.20 Å². The zero-order chi connectivity index (χ0) is 13.2. The molecule has 0 radical (unpaired) electrons. The van der Waals surface area contributed by atoms with Crippen LogP contribution in [0.5, 0.6) is 0 Å². The molecule has 2 saturated heterocycles. The molecule has 102 valence electrons. The Morgan fingerprint density at radius 2 is 2.32 bits per heavy atom. The minimum Gasteiger partial charge on any atom is -0.382 e. The molecule has 19 heavy (non-hydrogen) atoms. The molecule has 1 aromatic heterocycles. The second kappa shape index (κ2) is 5.27. The lowest BCUT2D eigenvalue weighted by molar-refractivity contribution is 0.0992. The number of pyridine rings is 1. The van der Waals surface area contributed by atoms with Crippen LogP contribution in [-0.4, -0.2) is 52.8 Å². The molecule has 0 amide bonds. The molecule has 5 nitrogen and oxygen atoms in total. The van der Waals surface area contributed by atoms with Gasteiger partial charge in [0, 0.05) is 38.4 Å². The van der Waals surface area contributed by atoms with Crippen molar-refractivity contribution < 1.29 is 0 Å². The predicted octanol–water partition coefficient (Wildman–Crippen LogP) is 0.646. The minimum absolute atomic E-state index is 0.0649. The molecule has 1 atom stereocenters. The van der Waals surface area contributed by atoms with Crippen LogP contribution < -0.4 is 5.73 Å². The fourth-order valence-electron chi connectivity index (χ4n) is 3.25. The smallest absolute Gasteiger partial charge is 0.142 e. The van der Waals surface area contributed by atoms with Crippen LogP contribution in [-0.2, 0) is 6.54 Å². The van der Waals surface area contributed by atoms with Gasteiger partial charge in [0.05, 0.1) is 0 Å². The number of rotatable bonds is 3. The Kier molecular flexibility index (Phi) is 3.48. The highest BCUT2D eigenvalue weighted by atomic mass is 15.3. The molecule has 2 fully saturated rings. The molecule has 1 aromatic rings. The highest BCUT2D eigenvalue weighted by Gasteiger charge is 2.30. The van der Waals surface area contributed by atoms with Gasteiger partial charge in [-0.25, -0.2) is 0 Å². The summed E-state index contributed by atoms with van der Waals surface area (Å²) < 4.78 is 0. The number of hydrogen-bond acceptors (Lipinski definition) is 4. The number of amidine groups is 1. The lowest BCUT2D eigenvalue weighted by atomic mass is 10.1. The largest absolute Gasteiger partial charge is 0.382 e. The van der Waals surface area contributed by atoms with Gasteiger partial charge < -0.3 is 5.73 Å². The second-order valence-corrected chi connectivity index (χ2v) is 5.49. The van der Waals surface area contributed by atoms with E-state index in [0.29, 0.717) is 5.69 Å². The van der Waals surface area contributed by atoms with Crippen molar-refractivity contribution in [3.05, 3.63) is 29.6 Å². The highest BCUT2D eigenvalue weighted by Crippen LogP contribution is 2.22. The van der Waals surface area contributed by atoms with Crippen molar-refractivity contribution in [3.8, 4) is 0 Å². The summed E-state index contributed by atoms with van der Waals surface area (Å²) in [5, 5.41) is 7.60. The van der Waals surface area contributed by atoms with Crippen LogP contribution in [0.15, 0.2) is 18.3 Å². The van der Waals surface area contributed by atoms with Gasteiger partial charge >= 0.3 is 0 Å². The molecule has 0 spiro atoms. The number of hydrogen-bond donors (Lipinski definition) is 2. The number of nitrogens with two attached hydrogens (primary N) is 1. The first-order chi connectivity index (χ1) is 9.24. The Labute approximate surface area is 113 Å². The van der Waals surface area contributed by atoms with Gasteiger partial charge in [0.1, 0.15) is 11.5 Å². The molecule has 0 saturated carbocycles. The fourth-order valence-corrected chi connectivity index (χ4v) is 3.25. The molecule has 2 aliphatic heterocycles. The van der Waals surface area contributed by atoms with Crippen LogP contribution in [0, 0.1) is 5.41 Å². The van der Waals surface area contributed by atoms with E-state index in [1.807, 2.05) is 12.1 Å². The van der Waals surface area contributed by atoms with Crippen LogP contribution in [0.4, 0.5) is 0 Å². The normalized spacial score (nSPS) is 24.3. The maximum atomic E-state index is 7.60. The first kappa shape index (κ1) is 12.6. The summed E-state index contributed by atoms with van der Waals surface area (Å²) in [6, 6.07) is 4.68. The third-order valence-corrected chi connectivity index (χ3v) is 4.21. The van der Waals surface area contributed by atoms with Crippen molar-refractivity contribution in [3.63, 3.8) is 0 Å². The van der Waals surface area contributed by atoms with Crippen molar-refractivity contribution in [2.45, 2.75) is 25.4 Å². The quantitative estimate of drug-likeness (QED) is 0.617. The summed E-state index contributed by atoms with van der Waals surface area (Å²) in [5.74, 6) is 0.0649. The van der Waals surface area contributed by atoms with Crippen molar-refractivity contribution in [2.24, 2.45) is 5.73 Å². The SMILES string of the molecule is N=C(N)c1ncccc1CN1CCN2CCCC2C1. The molecule has 3 N–H and O–H groups in total. The third kappa shape index (κ3) is 2.62. The number of fused-ring (bicyclic) bond motifs is 1. The van der Waals surface area contributed by atoms with Crippen LogP contribution in [0.1, 0.15) is 24.1 Å². The molecular weight excluding hydrogens is 238 g/mol. The van der Waals surface area contributed by atoms with E-state index in [-0.39, 0.29) is 5.84 Å². The Morgan fingerprint density at radius 3 is 3.16 bits per heavy atom. The van der Waals surface area contributed by atoms with Crippen molar-refractivity contribution in [1.29, 1.82) is 5.41 Å². The number of aromatic nitrogens is 1. The van der Waals surface area contributed by atoms with Gasteiger partial charge in [-0.3, -0.25) is 20.2 Å². The van der Waals surface area contributed by atoms with Gasteiger partial charge in [-0.05, 0) is 31.0 Å². The van der Waals surface area contributed by atoms with Gasteiger partial charge in [-0.2, -0.15) is 0 Å². The summed E-state index contributed by atoms with van der Waals surface area (Å²) in [6.07, 6.45) is 4.36. The summed E-state index contributed by atoms with van der Waals surface area (Å²) in [4.78, 5) is 9.29. The van der Waals surface area contributed by atoms with Crippen LogP contribution in [0.3, 0.4) is 0 Å². The molecule has 3 rings (SSSR count). The number of nitrogen functional groups attached to an aromatic ring is 1. The third-order valence-electron chi connectivity index (χ3n) is 4.21. The van der Waals surface area contributed by atoms with Crippen molar-refractivity contribution >= 4 is 5.84 Å². The van der Waals surface area contributed by atoms with Gasteiger partial charge in [0.2, 0.25) is 0 Å². The number of nitrogens with zero attached hydrogens (tertiary/aromatic N) is 3. The van der Waals surface area contributed by atoms with Crippen LogP contribution >= 0.6 is 0 Å². The average molecular weight is 259 g/mol. The Morgan fingerprint density at radius 1 is 1.42 bits per heavy atom. The van der Waals surface area contributed by atoms with E-state index in [1.165, 1.54) is 25.9 Å². The average Bonchev–Trinajstić information content (AvgIpc) is 2.86. The summed E-state index contributed by atoms with van der Waals surface area (Å²) in [5.41, 5.74) is 7.31. The molecule has 0 aromatic carbocycles. The number of piperazine rings is 1. The Balaban J connectivity index is 1.70. The van der Waals surface area contributed by atoms with E-state index < -0.39 is 0 Å². The maximum Gasteiger partial charge on any atom is 0.142 e. The zero-order valence-corrected chi connectivity index (χ0v) is 11.2. The molecule has 3 heterocycles. The second-order valence-electron chi connectivity index (χ2n) is 5.49. The van der Waals surface area contributed by atoms with E-state index in [0.717, 1.165) is 31.2 Å². The molecule has 5 heteroatoms. The molecule has 0 aliphatic carbocycles. The lowest BCUT2D eigenvalue weighted by Gasteiger charge is -2.37. The highest BCUT2D eigenvalue weighted by molar-refractivity contribution is 5.94. The molecule has 1 unspecified atom stereocenters. The van der Waals surface area contributed by atoms with Gasteiger partial charge in [0.15, 0.2) is 0 Å². The minimum atomic E-state index is 0.0649. The Bertz CT molecular complexity index is 473. The zero-order valence-electron chi connectivity index (χ0n) is 11.2. The van der Waals surface area contributed by atoms with E-state index in [9.17, 15) is 0 Å². The fraction of sp³-hybridized carbons (Fsp3) is 0.571. The maximum absolute atomic E-state index is 7.60. The standard InChI is InChI=1S/C14H21N5/c15-14(16)13-11(3-1-5-17-13)9-18-7-8-19-6-2-4-12(19)10-18/h1,3,5,12H,2,4,6-10H2,(H3,15,16). The molecule has 2 aliphatic rings. The van der Waals surface area contributed by atoms with Gasteiger partial charge in [0.25, 0.3) is 0 Å². The van der Waals surface area contributed by atoms with Crippen LogP contribution in [0.2, 0.25) is 0 Å². The summed E-state index contributed by atoms with van der Waals surface area (Å²) >= 11 is 0. The van der Waals surface area contributed by atoms with Crippen molar-refractivity contribution in [1.82, 2.24) is 14.8 Å². The Hall–Kier alpha value is -1.46. The monoisotopic (exact) mass is 259 g/mol. The first-order valence-electron chi connectivity index (χ1n) is 6.99. The summed E-state index contributed by atoms with van der Waals surface area (Å²) in [7, 11) is 0. The summed E-state index contributed by atoms with van der Waals surface area (Å²) in [6.45, 7) is 5.52. The van der Waals surface area contributed by atoms with Gasteiger partial charge in [-0.15, -0.1) is 0 Å². The first-order valence-corrected chi connectivity index (χ1v) is 6.99. The molecular formula is C14H21N5. The van der Waals surface area contributed by atoms with E-state index in [2.05, 4.69) is 14.8 Å². The lowest BCUT2D eigenvalue weighted by Crippen LogP contribution is -2.49.